The molecule has 0 aliphatic carbocycles. The number of carboxylic acid groups (broad SMARTS) is 1. The second-order valence-corrected chi connectivity index (χ2v) is 6.30. The van der Waals surface area contributed by atoms with Gasteiger partial charge in [-0.1, -0.05) is 12.1 Å². The average molecular weight is 359 g/mol. The molecule has 0 aromatic heterocycles. The van der Waals surface area contributed by atoms with Crippen LogP contribution in [-0.4, -0.2) is 42.8 Å². The maximum atomic E-state index is 13.9. The molecule has 6 heteroatoms. The van der Waals surface area contributed by atoms with Crippen molar-refractivity contribution in [2.45, 2.75) is 24.9 Å². The Bertz CT molecular complexity index is 795. The molecule has 3 rings (SSSR count). The molecule has 1 aliphatic heterocycles. The predicted octanol–water partition coefficient (Wildman–Crippen LogP) is 3.48. The summed E-state index contributed by atoms with van der Waals surface area (Å²) < 4.78 is 24.8. The number of rotatable bonds is 6. The van der Waals surface area contributed by atoms with Gasteiger partial charge in [-0.05, 0) is 48.7 Å². The lowest BCUT2D eigenvalue weighted by Gasteiger charge is -2.33. The largest absolute Gasteiger partial charge is 0.497 e. The van der Waals surface area contributed by atoms with E-state index in [1.807, 2.05) is 17.0 Å². The SMILES string of the molecule is COc1ccc(OC)c(C(c2cccc(F)c2)N2CCCC2C(=O)O)c1. The quantitative estimate of drug-likeness (QED) is 0.856. The van der Waals surface area contributed by atoms with Crippen LogP contribution in [0, 0.1) is 5.82 Å². The van der Waals surface area contributed by atoms with Crippen molar-refractivity contribution in [1.82, 2.24) is 4.90 Å². The molecule has 0 spiro atoms. The van der Waals surface area contributed by atoms with Crippen LogP contribution in [-0.2, 0) is 4.79 Å². The highest BCUT2D eigenvalue weighted by Gasteiger charge is 2.38. The third kappa shape index (κ3) is 3.51. The number of methoxy groups -OCH3 is 2. The minimum atomic E-state index is -0.870. The molecule has 0 saturated carbocycles. The Morgan fingerprint density at radius 3 is 2.69 bits per heavy atom. The minimum Gasteiger partial charge on any atom is -0.497 e. The molecule has 1 heterocycles. The van der Waals surface area contributed by atoms with Crippen LogP contribution < -0.4 is 9.47 Å². The smallest absolute Gasteiger partial charge is 0.320 e. The zero-order chi connectivity index (χ0) is 18.7. The highest BCUT2D eigenvalue weighted by Crippen LogP contribution is 2.40. The highest BCUT2D eigenvalue weighted by atomic mass is 19.1. The van der Waals surface area contributed by atoms with Gasteiger partial charge in [0.2, 0.25) is 0 Å². The predicted molar refractivity (Wildman–Crippen MR) is 95.2 cm³/mol. The van der Waals surface area contributed by atoms with E-state index < -0.39 is 18.1 Å². The van der Waals surface area contributed by atoms with E-state index in [0.717, 1.165) is 12.0 Å². The van der Waals surface area contributed by atoms with Crippen LogP contribution in [0.25, 0.3) is 0 Å². The fourth-order valence-corrected chi connectivity index (χ4v) is 3.64. The molecule has 26 heavy (non-hydrogen) atoms. The minimum absolute atomic E-state index is 0.361. The number of carbonyl (C=O) groups is 1. The van der Waals surface area contributed by atoms with Crippen molar-refractivity contribution < 1.29 is 23.8 Å². The lowest BCUT2D eigenvalue weighted by atomic mass is 9.95. The van der Waals surface area contributed by atoms with Crippen molar-refractivity contribution >= 4 is 5.97 Å². The van der Waals surface area contributed by atoms with Crippen LogP contribution in [0.2, 0.25) is 0 Å². The number of nitrogens with zero attached hydrogens (tertiary/aromatic N) is 1. The third-order valence-electron chi connectivity index (χ3n) is 4.81. The van der Waals surface area contributed by atoms with E-state index in [2.05, 4.69) is 0 Å². The molecule has 2 unspecified atom stereocenters. The van der Waals surface area contributed by atoms with Gasteiger partial charge < -0.3 is 14.6 Å². The van der Waals surface area contributed by atoms with Crippen LogP contribution in [0.15, 0.2) is 42.5 Å². The lowest BCUT2D eigenvalue weighted by molar-refractivity contribution is -0.142. The zero-order valence-corrected chi connectivity index (χ0v) is 14.8. The Kier molecular flexibility index (Phi) is 5.42. The molecular weight excluding hydrogens is 337 g/mol. The van der Waals surface area contributed by atoms with Crippen LogP contribution in [0.1, 0.15) is 30.0 Å². The Balaban J connectivity index is 2.17. The summed E-state index contributed by atoms with van der Waals surface area (Å²) in [5.74, 6) is 0.00979. The number of hydrogen-bond donors (Lipinski definition) is 1. The van der Waals surface area contributed by atoms with E-state index >= 15 is 0 Å². The molecule has 1 aliphatic rings. The van der Waals surface area contributed by atoms with Gasteiger partial charge in [0.15, 0.2) is 0 Å². The van der Waals surface area contributed by atoms with E-state index in [0.29, 0.717) is 30.0 Å². The van der Waals surface area contributed by atoms with E-state index in [4.69, 9.17) is 9.47 Å². The number of halogens is 1. The molecule has 5 nitrogen and oxygen atoms in total. The highest BCUT2D eigenvalue weighted by molar-refractivity contribution is 5.74. The molecule has 0 bridgehead atoms. The van der Waals surface area contributed by atoms with Gasteiger partial charge in [-0.25, -0.2) is 4.39 Å². The maximum absolute atomic E-state index is 13.9. The fourth-order valence-electron chi connectivity index (χ4n) is 3.64. The molecule has 1 fully saturated rings. The maximum Gasteiger partial charge on any atom is 0.320 e. The molecule has 2 atom stereocenters. The summed E-state index contributed by atoms with van der Waals surface area (Å²) >= 11 is 0. The molecule has 0 amide bonds. The lowest BCUT2D eigenvalue weighted by Crippen LogP contribution is -2.39. The molecule has 2 aromatic carbocycles. The second-order valence-electron chi connectivity index (χ2n) is 6.30. The summed E-state index contributed by atoms with van der Waals surface area (Å²) in [5.41, 5.74) is 1.44. The summed E-state index contributed by atoms with van der Waals surface area (Å²) in [6.45, 7) is 0.610. The van der Waals surface area contributed by atoms with Crippen molar-refractivity contribution in [2.24, 2.45) is 0 Å². The Morgan fingerprint density at radius 2 is 2.04 bits per heavy atom. The number of aliphatic carboxylic acids is 1. The van der Waals surface area contributed by atoms with Crippen LogP contribution in [0.3, 0.4) is 0 Å². The third-order valence-corrected chi connectivity index (χ3v) is 4.81. The first-order valence-electron chi connectivity index (χ1n) is 8.51. The number of ether oxygens (including phenoxy) is 2. The van der Waals surface area contributed by atoms with Gasteiger partial charge in [0, 0.05) is 12.1 Å². The summed E-state index contributed by atoms with van der Waals surface area (Å²) in [5, 5.41) is 9.64. The molecule has 138 valence electrons. The molecular formula is C20H22FNO4. The van der Waals surface area contributed by atoms with E-state index in [9.17, 15) is 14.3 Å². The normalized spacial score (nSPS) is 18.5. The molecule has 2 aromatic rings. The summed E-state index contributed by atoms with van der Waals surface area (Å²) in [6, 6.07) is 10.6. The van der Waals surface area contributed by atoms with E-state index in [1.54, 1.807) is 32.4 Å². The first-order chi connectivity index (χ1) is 12.5. The van der Waals surface area contributed by atoms with Crippen LogP contribution >= 0.6 is 0 Å². The molecule has 1 saturated heterocycles. The Morgan fingerprint density at radius 1 is 1.23 bits per heavy atom. The van der Waals surface area contributed by atoms with Crippen molar-refractivity contribution in [3.05, 3.63) is 59.4 Å². The molecule has 1 N–H and O–H groups in total. The van der Waals surface area contributed by atoms with Gasteiger partial charge in [0.1, 0.15) is 23.4 Å². The van der Waals surface area contributed by atoms with Gasteiger partial charge in [0.05, 0.1) is 20.3 Å². The van der Waals surface area contributed by atoms with Gasteiger partial charge in [-0.15, -0.1) is 0 Å². The number of carboxylic acids is 1. The second kappa shape index (κ2) is 7.74. The average Bonchev–Trinajstić information content (AvgIpc) is 3.11. The van der Waals surface area contributed by atoms with Crippen molar-refractivity contribution in [2.75, 3.05) is 20.8 Å². The summed E-state index contributed by atoms with van der Waals surface area (Å²) in [4.78, 5) is 13.6. The van der Waals surface area contributed by atoms with Gasteiger partial charge in [-0.2, -0.15) is 0 Å². The monoisotopic (exact) mass is 359 g/mol. The number of benzene rings is 2. The van der Waals surface area contributed by atoms with E-state index in [-0.39, 0.29) is 5.82 Å². The van der Waals surface area contributed by atoms with Crippen molar-refractivity contribution in [3.63, 3.8) is 0 Å². The standard InChI is InChI=1S/C20H22FNO4/c1-25-15-8-9-18(26-2)16(12-15)19(13-5-3-6-14(21)11-13)22-10-4-7-17(22)20(23)24/h3,5-6,8-9,11-12,17,19H,4,7,10H2,1-2H3,(H,23,24). The van der Waals surface area contributed by atoms with Crippen molar-refractivity contribution in [3.8, 4) is 11.5 Å². The van der Waals surface area contributed by atoms with Crippen LogP contribution in [0.5, 0.6) is 11.5 Å². The van der Waals surface area contributed by atoms with E-state index in [1.165, 1.54) is 12.1 Å². The van der Waals surface area contributed by atoms with Gasteiger partial charge >= 0.3 is 5.97 Å². The first kappa shape index (κ1) is 18.2. The van der Waals surface area contributed by atoms with Gasteiger partial charge in [0.25, 0.3) is 0 Å². The van der Waals surface area contributed by atoms with Crippen molar-refractivity contribution in [1.29, 1.82) is 0 Å². The first-order valence-corrected chi connectivity index (χ1v) is 8.51. The zero-order valence-electron chi connectivity index (χ0n) is 14.8. The van der Waals surface area contributed by atoms with Crippen LogP contribution in [0.4, 0.5) is 4.39 Å². The Labute approximate surface area is 152 Å². The summed E-state index contributed by atoms with van der Waals surface area (Å²) in [7, 11) is 3.13. The van der Waals surface area contributed by atoms with Gasteiger partial charge in [-0.3, -0.25) is 9.69 Å². The number of hydrogen-bond acceptors (Lipinski definition) is 4. The fraction of sp³-hybridized carbons (Fsp3) is 0.350. The molecule has 0 radical (unpaired) electrons. The Hall–Kier alpha value is -2.60. The number of likely N-dealkylation sites (tertiary alicyclic amines) is 1. The topological polar surface area (TPSA) is 59.0 Å². The summed E-state index contributed by atoms with van der Waals surface area (Å²) in [6.07, 6.45) is 1.34.